The Morgan fingerprint density at radius 2 is 1.75 bits per heavy atom. The van der Waals surface area contributed by atoms with Gasteiger partial charge in [-0.3, -0.25) is 0 Å². The number of nitrogen functional groups attached to an aromatic ring is 2. The molecule has 2 atom stereocenters. The van der Waals surface area contributed by atoms with E-state index in [9.17, 15) is 0 Å². The Bertz CT molecular complexity index is 615. The van der Waals surface area contributed by atoms with E-state index in [0.717, 1.165) is 11.1 Å². The number of rotatable bonds is 2. The largest absolute Gasteiger partial charge is 0.397 e. The fraction of sp³-hybridized carbons (Fsp3) is 0.250. The minimum atomic E-state index is -0.900. The second-order valence-corrected chi connectivity index (χ2v) is 5.07. The first-order valence-corrected chi connectivity index (χ1v) is 6.64. The first kappa shape index (κ1) is 13.0. The van der Waals surface area contributed by atoms with E-state index in [-0.39, 0.29) is 6.10 Å². The van der Waals surface area contributed by atoms with Crippen molar-refractivity contribution in [2.45, 2.75) is 18.8 Å². The van der Waals surface area contributed by atoms with E-state index in [1.807, 2.05) is 49.4 Å². The highest BCUT2D eigenvalue weighted by molar-refractivity contribution is 5.64. The highest BCUT2D eigenvalue weighted by Crippen LogP contribution is 2.41. The summed E-state index contributed by atoms with van der Waals surface area (Å²) in [4.78, 5) is 0. The Morgan fingerprint density at radius 1 is 1.00 bits per heavy atom. The Labute approximate surface area is 118 Å². The first-order chi connectivity index (χ1) is 9.62. The van der Waals surface area contributed by atoms with Crippen molar-refractivity contribution in [1.29, 1.82) is 0 Å². The molecule has 3 rings (SSSR count). The van der Waals surface area contributed by atoms with Crippen molar-refractivity contribution in [3.8, 4) is 0 Å². The van der Waals surface area contributed by atoms with Crippen molar-refractivity contribution in [2.24, 2.45) is 0 Å². The fourth-order valence-corrected chi connectivity index (χ4v) is 2.49. The van der Waals surface area contributed by atoms with Gasteiger partial charge >= 0.3 is 0 Å². The topological polar surface area (TPSA) is 70.5 Å². The van der Waals surface area contributed by atoms with Gasteiger partial charge in [-0.1, -0.05) is 36.4 Å². The predicted octanol–water partition coefficient (Wildman–Crippen LogP) is 2.49. The third kappa shape index (κ3) is 2.03. The summed E-state index contributed by atoms with van der Waals surface area (Å²) in [6, 6.07) is 15.4. The van der Waals surface area contributed by atoms with Crippen LogP contribution < -0.4 is 11.5 Å². The third-order valence-corrected chi connectivity index (χ3v) is 3.51. The molecule has 0 bridgehead atoms. The van der Waals surface area contributed by atoms with Crippen LogP contribution in [-0.2, 0) is 15.3 Å². The monoisotopic (exact) mass is 270 g/mol. The molecule has 1 aliphatic heterocycles. The minimum absolute atomic E-state index is 0.0222. The van der Waals surface area contributed by atoms with Gasteiger partial charge in [0.1, 0.15) is 0 Å². The molecule has 1 heterocycles. The van der Waals surface area contributed by atoms with Gasteiger partial charge in [0.15, 0.2) is 0 Å². The lowest BCUT2D eigenvalue weighted by molar-refractivity contribution is -0.140. The van der Waals surface area contributed by atoms with E-state index in [1.165, 1.54) is 0 Å². The molecule has 0 radical (unpaired) electrons. The molecule has 1 saturated heterocycles. The summed E-state index contributed by atoms with van der Waals surface area (Å²) in [5, 5.41) is 0. The van der Waals surface area contributed by atoms with Gasteiger partial charge in [0.2, 0.25) is 5.79 Å². The molecule has 0 amide bonds. The van der Waals surface area contributed by atoms with Crippen LogP contribution in [0.3, 0.4) is 0 Å². The maximum absolute atomic E-state index is 6.10. The second kappa shape index (κ2) is 4.81. The fourth-order valence-electron chi connectivity index (χ4n) is 2.49. The molecule has 1 fully saturated rings. The zero-order chi connectivity index (χ0) is 14.2. The van der Waals surface area contributed by atoms with Crippen molar-refractivity contribution in [1.82, 2.24) is 0 Å². The average Bonchev–Trinajstić information content (AvgIpc) is 2.86. The van der Waals surface area contributed by atoms with Crippen LogP contribution >= 0.6 is 0 Å². The first-order valence-electron chi connectivity index (χ1n) is 6.64. The number of anilines is 2. The molecule has 0 spiro atoms. The van der Waals surface area contributed by atoms with E-state index >= 15 is 0 Å². The van der Waals surface area contributed by atoms with Crippen LogP contribution in [0.4, 0.5) is 11.4 Å². The molecule has 2 aromatic rings. The molecule has 2 aromatic carbocycles. The van der Waals surface area contributed by atoms with Crippen molar-refractivity contribution < 1.29 is 9.47 Å². The number of nitrogens with two attached hydrogens (primary N) is 2. The molecule has 4 N–H and O–H groups in total. The van der Waals surface area contributed by atoms with Crippen molar-refractivity contribution >= 4 is 11.4 Å². The number of benzene rings is 2. The normalized spacial score (nSPS) is 25.8. The van der Waals surface area contributed by atoms with Gasteiger partial charge in [-0.05, 0) is 19.1 Å². The zero-order valence-corrected chi connectivity index (χ0v) is 11.4. The molecule has 104 valence electrons. The van der Waals surface area contributed by atoms with Crippen molar-refractivity contribution in [3.63, 3.8) is 0 Å². The van der Waals surface area contributed by atoms with Crippen molar-refractivity contribution in [2.75, 3.05) is 18.1 Å². The summed E-state index contributed by atoms with van der Waals surface area (Å²) in [7, 11) is 0. The third-order valence-electron chi connectivity index (χ3n) is 3.51. The van der Waals surface area contributed by atoms with Gasteiger partial charge in [-0.15, -0.1) is 0 Å². The number of hydrogen-bond acceptors (Lipinski definition) is 4. The second-order valence-electron chi connectivity index (χ2n) is 5.07. The lowest BCUT2D eigenvalue weighted by Crippen LogP contribution is -2.29. The van der Waals surface area contributed by atoms with Crippen LogP contribution in [0.25, 0.3) is 0 Å². The van der Waals surface area contributed by atoms with Gasteiger partial charge < -0.3 is 20.9 Å². The maximum Gasteiger partial charge on any atom is 0.222 e. The Morgan fingerprint density at radius 3 is 2.35 bits per heavy atom. The molecule has 20 heavy (non-hydrogen) atoms. The quantitative estimate of drug-likeness (QED) is 0.822. The molecule has 0 aliphatic carbocycles. The molecule has 1 aliphatic rings. The molecular weight excluding hydrogens is 252 g/mol. The van der Waals surface area contributed by atoms with E-state index in [0.29, 0.717) is 18.0 Å². The summed E-state index contributed by atoms with van der Waals surface area (Å²) in [5.74, 6) is -0.900. The zero-order valence-electron chi connectivity index (χ0n) is 11.4. The molecule has 0 aromatic heterocycles. The van der Waals surface area contributed by atoms with E-state index in [4.69, 9.17) is 20.9 Å². The van der Waals surface area contributed by atoms with Crippen LogP contribution in [-0.4, -0.2) is 12.7 Å². The molecule has 2 unspecified atom stereocenters. The molecule has 4 nitrogen and oxygen atoms in total. The standard InChI is InChI=1S/C16H18N2O2/c1-11-10-19-16(20-11,12-5-3-2-4-6-12)13-7-8-14(17)15(18)9-13/h2-9,11H,10,17-18H2,1H3. The van der Waals surface area contributed by atoms with Crippen LogP contribution in [0.1, 0.15) is 18.1 Å². The van der Waals surface area contributed by atoms with E-state index < -0.39 is 5.79 Å². The van der Waals surface area contributed by atoms with E-state index in [1.54, 1.807) is 6.07 Å². The summed E-state index contributed by atoms with van der Waals surface area (Å²) in [6.07, 6.45) is 0.0222. The van der Waals surface area contributed by atoms with E-state index in [2.05, 4.69) is 0 Å². The number of hydrogen-bond donors (Lipinski definition) is 2. The highest BCUT2D eigenvalue weighted by atomic mass is 16.7. The summed E-state index contributed by atoms with van der Waals surface area (Å²) < 4.78 is 12.1. The van der Waals surface area contributed by atoms with Gasteiger partial charge in [0.25, 0.3) is 0 Å². The average molecular weight is 270 g/mol. The van der Waals surface area contributed by atoms with Gasteiger partial charge in [0.05, 0.1) is 24.1 Å². The summed E-state index contributed by atoms with van der Waals surface area (Å²) >= 11 is 0. The number of ether oxygens (including phenoxy) is 2. The predicted molar refractivity (Wildman–Crippen MR) is 79.0 cm³/mol. The molecule has 0 saturated carbocycles. The van der Waals surface area contributed by atoms with Crippen LogP contribution in [0.15, 0.2) is 48.5 Å². The Balaban J connectivity index is 2.13. The van der Waals surface area contributed by atoms with Crippen LogP contribution in [0, 0.1) is 0 Å². The molecular formula is C16H18N2O2. The SMILES string of the molecule is CC1COC(c2ccccc2)(c2ccc(N)c(N)c2)O1. The smallest absolute Gasteiger partial charge is 0.222 e. The highest BCUT2D eigenvalue weighted by Gasteiger charge is 2.43. The lowest BCUT2D eigenvalue weighted by atomic mass is 9.96. The van der Waals surface area contributed by atoms with Gasteiger partial charge in [-0.2, -0.15) is 0 Å². The van der Waals surface area contributed by atoms with Crippen LogP contribution in [0.5, 0.6) is 0 Å². The Kier molecular flexibility index (Phi) is 3.12. The summed E-state index contributed by atoms with van der Waals surface area (Å²) in [5.41, 5.74) is 14.6. The van der Waals surface area contributed by atoms with Gasteiger partial charge in [-0.25, -0.2) is 0 Å². The minimum Gasteiger partial charge on any atom is -0.397 e. The van der Waals surface area contributed by atoms with Crippen LogP contribution in [0.2, 0.25) is 0 Å². The molecule has 4 heteroatoms. The maximum atomic E-state index is 6.10. The van der Waals surface area contributed by atoms with Crippen molar-refractivity contribution in [3.05, 3.63) is 59.7 Å². The van der Waals surface area contributed by atoms with Gasteiger partial charge in [0, 0.05) is 11.1 Å². The lowest BCUT2D eigenvalue weighted by Gasteiger charge is -2.29. The summed E-state index contributed by atoms with van der Waals surface area (Å²) in [6.45, 7) is 2.53. The Hall–Kier alpha value is -2.04.